The fourth-order valence-electron chi connectivity index (χ4n) is 5.46. The van der Waals surface area contributed by atoms with Crippen molar-refractivity contribution in [2.45, 2.75) is 0 Å². The van der Waals surface area contributed by atoms with Crippen molar-refractivity contribution < 1.29 is 4.42 Å². The second-order valence-electron chi connectivity index (χ2n) is 9.77. The van der Waals surface area contributed by atoms with Gasteiger partial charge in [-0.25, -0.2) is 4.98 Å². The number of benzene rings is 4. The Morgan fingerprint density at radius 2 is 1.35 bits per heavy atom. The van der Waals surface area contributed by atoms with Gasteiger partial charge in [0.15, 0.2) is 5.58 Å². The number of pyridine rings is 2. The van der Waals surface area contributed by atoms with E-state index in [0.29, 0.717) is 5.89 Å². The monoisotopic (exact) mass is 514 g/mol. The smallest absolute Gasteiger partial charge is 0.227 e. The first-order chi connectivity index (χ1) is 19.8. The highest BCUT2D eigenvalue weighted by Crippen LogP contribution is 2.36. The SMILES string of the molecule is c1ccc(-c2ccnc(-c3cccc(-n4c5ccccc5c5ccc(-c6nc7ccccc7o6)cc54)c3)c2)nc1. The Labute approximate surface area is 230 Å². The van der Waals surface area contributed by atoms with Gasteiger partial charge in [0.25, 0.3) is 0 Å². The van der Waals surface area contributed by atoms with E-state index in [1.807, 2.05) is 60.9 Å². The van der Waals surface area contributed by atoms with Crippen LogP contribution in [-0.4, -0.2) is 19.5 Å². The highest BCUT2D eigenvalue weighted by Gasteiger charge is 2.16. The van der Waals surface area contributed by atoms with E-state index in [1.165, 1.54) is 10.8 Å². The maximum absolute atomic E-state index is 6.11. The minimum absolute atomic E-state index is 0.615. The van der Waals surface area contributed by atoms with Gasteiger partial charge in [-0.1, -0.05) is 54.6 Å². The third-order valence-electron chi connectivity index (χ3n) is 7.34. The summed E-state index contributed by atoms with van der Waals surface area (Å²) in [6, 6.07) is 41.4. The third-order valence-corrected chi connectivity index (χ3v) is 7.34. The van der Waals surface area contributed by atoms with Gasteiger partial charge in [0.2, 0.25) is 5.89 Å². The van der Waals surface area contributed by atoms with Crippen molar-refractivity contribution in [1.82, 2.24) is 19.5 Å². The van der Waals surface area contributed by atoms with Crippen molar-refractivity contribution in [3.05, 3.63) is 134 Å². The van der Waals surface area contributed by atoms with E-state index >= 15 is 0 Å². The Hall–Kier alpha value is -5.55. The van der Waals surface area contributed by atoms with Gasteiger partial charge < -0.3 is 8.98 Å². The predicted octanol–water partition coefficient (Wildman–Crippen LogP) is 8.72. The molecule has 0 saturated heterocycles. The summed E-state index contributed by atoms with van der Waals surface area (Å²) in [5.74, 6) is 0.615. The van der Waals surface area contributed by atoms with Gasteiger partial charge in [0.1, 0.15) is 5.52 Å². The van der Waals surface area contributed by atoms with Crippen molar-refractivity contribution in [2.24, 2.45) is 0 Å². The summed E-state index contributed by atoms with van der Waals surface area (Å²) < 4.78 is 8.42. The number of hydrogen-bond donors (Lipinski definition) is 0. The number of fused-ring (bicyclic) bond motifs is 4. The minimum atomic E-state index is 0.615. The molecule has 4 aromatic carbocycles. The highest BCUT2D eigenvalue weighted by atomic mass is 16.3. The molecule has 5 heteroatoms. The number of aromatic nitrogens is 4. The minimum Gasteiger partial charge on any atom is -0.436 e. The molecular weight excluding hydrogens is 492 g/mol. The van der Waals surface area contributed by atoms with Crippen molar-refractivity contribution in [2.75, 3.05) is 0 Å². The number of nitrogens with zero attached hydrogens (tertiary/aromatic N) is 4. The van der Waals surface area contributed by atoms with Crippen LogP contribution in [0.25, 0.3) is 72.6 Å². The van der Waals surface area contributed by atoms with Gasteiger partial charge in [0.05, 0.1) is 22.4 Å². The first-order valence-electron chi connectivity index (χ1n) is 13.2. The van der Waals surface area contributed by atoms with Crippen LogP contribution in [0.3, 0.4) is 0 Å². The van der Waals surface area contributed by atoms with Crippen molar-refractivity contribution >= 4 is 32.9 Å². The molecule has 0 fully saturated rings. The molecule has 4 aromatic heterocycles. The van der Waals surface area contributed by atoms with Crippen molar-refractivity contribution in [3.8, 4) is 39.7 Å². The van der Waals surface area contributed by atoms with Crippen LogP contribution in [0.2, 0.25) is 0 Å². The molecule has 0 amide bonds. The van der Waals surface area contributed by atoms with Gasteiger partial charge in [0, 0.05) is 45.5 Å². The predicted molar refractivity (Wildman–Crippen MR) is 160 cm³/mol. The normalized spacial score (nSPS) is 11.5. The lowest BCUT2D eigenvalue weighted by molar-refractivity contribution is 0.620. The van der Waals surface area contributed by atoms with E-state index < -0.39 is 0 Å². The molecular formula is C35H22N4O. The molecule has 0 aliphatic heterocycles. The van der Waals surface area contributed by atoms with Crippen LogP contribution in [0.15, 0.2) is 138 Å². The molecule has 0 spiro atoms. The van der Waals surface area contributed by atoms with Crippen LogP contribution < -0.4 is 0 Å². The van der Waals surface area contributed by atoms with Crippen LogP contribution in [0.5, 0.6) is 0 Å². The average Bonchev–Trinajstić information content (AvgIpc) is 3.61. The average molecular weight is 515 g/mol. The number of oxazole rings is 1. The van der Waals surface area contributed by atoms with Crippen LogP contribution in [0, 0.1) is 0 Å². The fourth-order valence-corrected chi connectivity index (χ4v) is 5.46. The van der Waals surface area contributed by atoms with Gasteiger partial charge in [-0.3, -0.25) is 9.97 Å². The fraction of sp³-hybridized carbons (Fsp3) is 0. The molecule has 0 bridgehead atoms. The molecule has 4 heterocycles. The first kappa shape index (κ1) is 22.4. The lowest BCUT2D eigenvalue weighted by Gasteiger charge is -2.11. The molecule has 40 heavy (non-hydrogen) atoms. The highest BCUT2D eigenvalue weighted by molar-refractivity contribution is 6.10. The van der Waals surface area contributed by atoms with E-state index in [9.17, 15) is 0 Å². The first-order valence-corrected chi connectivity index (χ1v) is 13.2. The molecule has 5 nitrogen and oxygen atoms in total. The lowest BCUT2D eigenvalue weighted by atomic mass is 10.1. The topological polar surface area (TPSA) is 56.7 Å². The summed E-state index contributed by atoms with van der Waals surface area (Å²) >= 11 is 0. The number of para-hydroxylation sites is 3. The third kappa shape index (κ3) is 3.68. The second-order valence-corrected chi connectivity index (χ2v) is 9.77. The summed E-state index contributed by atoms with van der Waals surface area (Å²) in [6.45, 7) is 0. The van der Waals surface area contributed by atoms with Gasteiger partial charge in [-0.15, -0.1) is 0 Å². The van der Waals surface area contributed by atoms with E-state index in [-0.39, 0.29) is 0 Å². The summed E-state index contributed by atoms with van der Waals surface area (Å²) in [6.07, 6.45) is 3.66. The molecule has 0 N–H and O–H groups in total. The Kier molecular flexibility index (Phi) is 5.07. The van der Waals surface area contributed by atoms with Gasteiger partial charge in [-0.2, -0.15) is 0 Å². The summed E-state index contributed by atoms with van der Waals surface area (Å²) in [7, 11) is 0. The summed E-state index contributed by atoms with van der Waals surface area (Å²) in [4.78, 5) is 14.0. The van der Waals surface area contributed by atoms with E-state index in [4.69, 9.17) is 14.4 Å². The maximum atomic E-state index is 6.11. The molecule has 8 rings (SSSR count). The van der Waals surface area contributed by atoms with Gasteiger partial charge >= 0.3 is 0 Å². The van der Waals surface area contributed by atoms with Crippen LogP contribution >= 0.6 is 0 Å². The molecule has 188 valence electrons. The quantitative estimate of drug-likeness (QED) is 0.236. The molecule has 0 unspecified atom stereocenters. The van der Waals surface area contributed by atoms with E-state index in [1.54, 1.807) is 0 Å². The second kappa shape index (κ2) is 9.03. The Balaban J connectivity index is 1.30. The molecule has 0 radical (unpaired) electrons. The van der Waals surface area contributed by atoms with Gasteiger partial charge in [-0.05, 0) is 66.7 Å². The molecule has 0 saturated carbocycles. The zero-order valence-corrected chi connectivity index (χ0v) is 21.4. The molecule has 0 aliphatic carbocycles. The zero-order valence-electron chi connectivity index (χ0n) is 21.4. The van der Waals surface area contributed by atoms with Crippen LogP contribution in [0.4, 0.5) is 0 Å². The molecule has 0 atom stereocenters. The summed E-state index contributed by atoms with van der Waals surface area (Å²) in [5, 5.41) is 2.37. The van der Waals surface area contributed by atoms with Crippen LogP contribution in [0.1, 0.15) is 0 Å². The largest absolute Gasteiger partial charge is 0.436 e. The van der Waals surface area contributed by atoms with Crippen LogP contribution in [-0.2, 0) is 0 Å². The standard InChI is InChI=1S/C35H22N4O/c1-3-13-32-27(10-1)28-16-15-25(35-38-30-12-2-4-14-34(30)40-35)22-33(28)39(32)26-9-7-8-23(20-26)31-21-24(17-19-37-31)29-11-5-6-18-36-29/h1-22H. The van der Waals surface area contributed by atoms with E-state index in [2.05, 4.69) is 82.3 Å². The zero-order chi connectivity index (χ0) is 26.5. The molecule has 8 aromatic rings. The Morgan fingerprint density at radius 3 is 2.27 bits per heavy atom. The number of hydrogen-bond acceptors (Lipinski definition) is 4. The van der Waals surface area contributed by atoms with Crippen molar-refractivity contribution in [3.63, 3.8) is 0 Å². The maximum Gasteiger partial charge on any atom is 0.227 e. The Morgan fingerprint density at radius 1 is 0.525 bits per heavy atom. The number of rotatable bonds is 4. The van der Waals surface area contributed by atoms with E-state index in [0.717, 1.165) is 55.9 Å². The molecule has 0 aliphatic rings. The summed E-state index contributed by atoms with van der Waals surface area (Å²) in [5.41, 5.74) is 9.77. The van der Waals surface area contributed by atoms with Crippen molar-refractivity contribution in [1.29, 1.82) is 0 Å². The Bertz CT molecular complexity index is 2140. The lowest BCUT2D eigenvalue weighted by Crippen LogP contribution is -1.95.